The maximum absolute atomic E-state index is 12.4. The summed E-state index contributed by atoms with van der Waals surface area (Å²) in [6.45, 7) is 4.34. The number of nitrogens with one attached hydrogen (secondary N) is 1. The summed E-state index contributed by atoms with van der Waals surface area (Å²) in [5.74, 6) is 0.715. The zero-order chi connectivity index (χ0) is 19.9. The first-order chi connectivity index (χ1) is 13.6. The predicted octanol–water partition coefficient (Wildman–Crippen LogP) is 3.68. The van der Waals surface area contributed by atoms with E-state index in [1.807, 2.05) is 56.3 Å². The van der Waals surface area contributed by atoms with Crippen LogP contribution in [0.4, 0.5) is 0 Å². The number of ether oxygens (including phenoxy) is 1. The van der Waals surface area contributed by atoms with E-state index in [-0.39, 0.29) is 17.7 Å². The number of aromatic nitrogens is 4. The molecule has 0 aliphatic carbocycles. The molecule has 0 saturated heterocycles. The number of amides is 1. The van der Waals surface area contributed by atoms with Crippen LogP contribution in [0.25, 0.3) is 5.69 Å². The molecule has 146 valence electrons. The molecule has 0 bridgehead atoms. The van der Waals surface area contributed by atoms with Crippen molar-refractivity contribution in [3.63, 3.8) is 0 Å². The van der Waals surface area contributed by atoms with Crippen molar-refractivity contribution in [2.45, 2.75) is 25.0 Å². The van der Waals surface area contributed by atoms with Gasteiger partial charge in [0.05, 0.1) is 18.4 Å². The Morgan fingerprint density at radius 3 is 2.79 bits per heavy atom. The van der Waals surface area contributed by atoms with Crippen molar-refractivity contribution in [3.05, 3.63) is 59.1 Å². The van der Waals surface area contributed by atoms with Crippen LogP contribution in [0.3, 0.4) is 0 Å². The van der Waals surface area contributed by atoms with Gasteiger partial charge in [0.25, 0.3) is 0 Å². The minimum absolute atomic E-state index is 0.134. The third kappa shape index (κ3) is 4.82. The van der Waals surface area contributed by atoms with Gasteiger partial charge in [-0.15, -0.1) is 5.10 Å². The van der Waals surface area contributed by atoms with Crippen molar-refractivity contribution in [3.8, 4) is 11.4 Å². The van der Waals surface area contributed by atoms with E-state index in [1.54, 1.807) is 10.7 Å². The van der Waals surface area contributed by atoms with E-state index in [0.29, 0.717) is 22.5 Å². The molecular formula is C19H20ClN5O2S. The third-order valence-corrected chi connectivity index (χ3v) is 5.18. The number of nitrogens with zero attached hydrogens (tertiary/aromatic N) is 4. The third-order valence-electron chi connectivity index (χ3n) is 3.92. The normalized spacial score (nSPS) is 11.8. The summed E-state index contributed by atoms with van der Waals surface area (Å²) in [6.07, 6.45) is 0. The number of rotatable bonds is 8. The lowest BCUT2D eigenvalue weighted by atomic mass is 10.1. The fourth-order valence-corrected chi connectivity index (χ4v) is 3.64. The summed E-state index contributed by atoms with van der Waals surface area (Å²) < 4.78 is 7.21. The van der Waals surface area contributed by atoms with Gasteiger partial charge in [0, 0.05) is 5.02 Å². The zero-order valence-corrected chi connectivity index (χ0v) is 17.1. The van der Waals surface area contributed by atoms with Crippen LogP contribution >= 0.6 is 23.4 Å². The van der Waals surface area contributed by atoms with Crippen molar-refractivity contribution >= 4 is 29.3 Å². The zero-order valence-electron chi connectivity index (χ0n) is 15.5. The molecule has 1 aromatic heterocycles. The Kier molecular flexibility index (Phi) is 6.89. The summed E-state index contributed by atoms with van der Waals surface area (Å²) >= 11 is 7.44. The van der Waals surface area contributed by atoms with Gasteiger partial charge in [-0.2, -0.15) is 4.68 Å². The fourth-order valence-electron chi connectivity index (χ4n) is 2.65. The lowest BCUT2D eigenvalue weighted by Crippen LogP contribution is -2.28. The molecule has 1 unspecified atom stereocenters. The molecule has 3 aromatic rings. The Morgan fingerprint density at radius 1 is 1.25 bits per heavy atom. The largest absolute Gasteiger partial charge is 0.492 e. The molecule has 0 fully saturated rings. The van der Waals surface area contributed by atoms with Gasteiger partial charge in [0.1, 0.15) is 11.4 Å². The maximum Gasteiger partial charge on any atom is 0.230 e. The molecule has 0 radical (unpaired) electrons. The first-order valence-electron chi connectivity index (χ1n) is 8.77. The standard InChI is InChI=1S/C19H20ClN5O2S/c1-3-27-17-11-7-6-10-16(17)25-19(22-23-24-25)28-12-18(26)21-13(2)14-8-4-5-9-15(14)20/h4-11,13H,3,12H2,1-2H3,(H,21,26). The minimum Gasteiger partial charge on any atom is -0.492 e. The number of carbonyl (C=O) groups is 1. The van der Waals surface area contributed by atoms with E-state index < -0.39 is 0 Å². The average molecular weight is 418 g/mol. The summed E-state index contributed by atoms with van der Waals surface area (Å²) in [4.78, 5) is 12.4. The van der Waals surface area contributed by atoms with Crippen LogP contribution in [-0.4, -0.2) is 38.5 Å². The van der Waals surface area contributed by atoms with Crippen LogP contribution < -0.4 is 10.1 Å². The molecule has 1 amide bonds. The summed E-state index contributed by atoms with van der Waals surface area (Å²) in [6, 6.07) is 14.7. The number of halogens is 1. The molecule has 7 nitrogen and oxygen atoms in total. The van der Waals surface area contributed by atoms with Gasteiger partial charge < -0.3 is 10.1 Å². The van der Waals surface area contributed by atoms with Crippen molar-refractivity contribution < 1.29 is 9.53 Å². The van der Waals surface area contributed by atoms with Crippen LogP contribution in [0.1, 0.15) is 25.5 Å². The fraction of sp³-hybridized carbons (Fsp3) is 0.263. The monoisotopic (exact) mass is 417 g/mol. The quantitative estimate of drug-likeness (QED) is 0.563. The lowest BCUT2D eigenvalue weighted by Gasteiger charge is -2.15. The maximum atomic E-state index is 12.4. The van der Waals surface area contributed by atoms with Crippen molar-refractivity contribution in [1.29, 1.82) is 0 Å². The topological polar surface area (TPSA) is 81.9 Å². The lowest BCUT2D eigenvalue weighted by molar-refractivity contribution is -0.119. The molecule has 28 heavy (non-hydrogen) atoms. The van der Waals surface area contributed by atoms with E-state index in [0.717, 1.165) is 11.3 Å². The van der Waals surface area contributed by atoms with Gasteiger partial charge in [-0.25, -0.2) is 0 Å². The van der Waals surface area contributed by atoms with E-state index in [1.165, 1.54) is 11.8 Å². The van der Waals surface area contributed by atoms with Crippen molar-refractivity contribution in [1.82, 2.24) is 25.5 Å². The van der Waals surface area contributed by atoms with Gasteiger partial charge in [-0.05, 0) is 48.0 Å². The molecule has 0 aliphatic heterocycles. The summed E-state index contributed by atoms with van der Waals surface area (Å²) in [5.41, 5.74) is 1.60. The Bertz CT molecular complexity index is 949. The van der Waals surface area contributed by atoms with Gasteiger partial charge in [0.2, 0.25) is 11.1 Å². The average Bonchev–Trinajstić information content (AvgIpc) is 3.16. The smallest absolute Gasteiger partial charge is 0.230 e. The minimum atomic E-state index is -0.198. The van der Waals surface area contributed by atoms with Crippen LogP contribution in [0.15, 0.2) is 53.7 Å². The Morgan fingerprint density at radius 2 is 2.00 bits per heavy atom. The van der Waals surface area contributed by atoms with Crippen molar-refractivity contribution in [2.75, 3.05) is 12.4 Å². The summed E-state index contributed by atoms with van der Waals surface area (Å²) in [7, 11) is 0. The predicted molar refractivity (Wildman–Crippen MR) is 109 cm³/mol. The number of hydrogen-bond donors (Lipinski definition) is 1. The second-order valence-corrected chi connectivity index (χ2v) is 7.22. The van der Waals surface area contributed by atoms with Crippen LogP contribution in [-0.2, 0) is 4.79 Å². The molecule has 0 spiro atoms. The second-order valence-electron chi connectivity index (χ2n) is 5.87. The molecule has 1 heterocycles. The molecule has 1 N–H and O–H groups in total. The molecule has 1 atom stereocenters. The Balaban J connectivity index is 1.66. The van der Waals surface area contributed by atoms with Gasteiger partial charge >= 0.3 is 0 Å². The first-order valence-corrected chi connectivity index (χ1v) is 10.1. The van der Waals surface area contributed by atoms with Gasteiger partial charge in [0.15, 0.2) is 0 Å². The highest BCUT2D eigenvalue weighted by Crippen LogP contribution is 2.26. The Hall–Kier alpha value is -2.58. The summed E-state index contributed by atoms with van der Waals surface area (Å²) in [5, 5.41) is 15.9. The van der Waals surface area contributed by atoms with Crippen LogP contribution in [0, 0.1) is 0 Å². The van der Waals surface area contributed by atoms with E-state index >= 15 is 0 Å². The first kappa shape index (κ1) is 20.2. The highest BCUT2D eigenvalue weighted by molar-refractivity contribution is 7.99. The Labute approximate surface area is 172 Å². The number of para-hydroxylation sites is 2. The molecule has 3 rings (SSSR count). The number of tetrazole rings is 1. The second kappa shape index (κ2) is 9.57. The molecule has 2 aromatic carbocycles. The number of thioether (sulfide) groups is 1. The number of benzene rings is 2. The molecule has 0 saturated carbocycles. The van der Waals surface area contributed by atoms with Crippen LogP contribution in [0.2, 0.25) is 5.02 Å². The highest BCUT2D eigenvalue weighted by Gasteiger charge is 2.16. The van der Waals surface area contributed by atoms with Gasteiger partial charge in [-0.3, -0.25) is 4.79 Å². The van der Waals surface area contributed by atoms with Crippen LogP contribution in [0.5, 0.6) is 5.75 Å². The number of hydrogen-bond acceptors (Lipinski definition) is 6. The van der Waals surface area contributed by atoms with Crippen molar-refractivity contribution in [2.24, 2.45) is 0 Å². The van der Waals surface area contributed by atoms with Gasteiger partial charge in [-0.1, -0.05) is 53.7 Å². The van der Waals surface area contributed by atoms with E-state index in [4.69, 9.17) is 16.3 Å². The van der Waals surface area contributed by atoms with E-state index in [9.17, 15) is 4.79 Å². The SMILES string of the molecule is CCOc1ccccc1-n1nnnc1SCC(=O)NC(C)c1ccccc1Cl. The molecule has 0 aliphatic rings. The van der Waals surface area contributed by atoms with E-state index in [2.05, 4.69) is 20.8 Å². The molecular weight excluding hydrogens is 398 g/mol. The molecule has 9 heteroatoms. The number of carbonyl (C=O) groups excluding carboxylic acids is 1. The highest BCUT2D eigenvalue weighted by atomic mass is 35.5.